The largest absolute Gasteiger partial charge is 0.494 e. The molecule has 1 aliphatic heterocycles. The summed E-state index contributed by atoms with van der Waals surface area (Å²) in [5, 5.41) is 1.53. The van der Waals surface area contributed by atoms with Gasteiger partial charge >= 0.3 is 0 Å². The molecule has 11 heteroatoms. The fourth-order valence-electron chi connectivity index (χ4n) is 3.31. The minimum atomic E-state index is -1.64. The van der Waals surface area contributed by atoms with Gasteiger partial charge < -0.3 is 14.5 Å². The van der Waals surface area contributed by atoms with Gasteiger partial charge in [0, 0.05) is 31.7 Å². The predicted octanol–water partition coefficient (Wildman–Crippen LogP) is 4.91. The highest BCUT2D eigenvalue weighted by Gasteiger charge is 2.30. The van der Waals surface area contributed by atoms with E-state index in [0.717, 1.165) is 12.8 Å². The first-order valence-corrected chi connectivity index (χ1v) is 11.1. The second kappa shape index (κ2) is 11.0. The van der Waals surface area contributed by atoms with Gasteiger partial charge in [0.1, 0.15) is 16.5 Å². The molecule has 0 aliphatic carbocycles. The lowest BCUT2D eigenvalue weighted by molar-refractivity contribution is 0.0972. The molecule has 33 heavy (non-hydrogen) atoms. The Bertz CT molecular complexity index is 1020. The standard InChI is InChI=1S/C22H22ClF4N3O2S/c1-2-3-11-32-14-6-4-5-13(12-14)21(31)28-22(33)30-9-7-29(8-10-30)20-18(26)16(24)15(23)17(25)19(20)27/h4-6,12H,2-3,7-11H2,1H3,(H,28,31,33). The second-order valence-electron chi connectivity index (χ2n) is 7.38. The van der Waals surface area contributed by atoms with Crippen LogP contribution in [0.3, 0.4) is 0 Å². The number of nitrogens with zero attached hydrogens (tertiary/aromatic N) is 2. The van der Waals surface area contributed by atoms with Crippen LogP contribution in [0, 0.1) is 23.3 Å². The van der Waals surface area contributed by atoms with Crippen molar-refractivity contribution in [3.05, 3.63) is 58.1 Å². The van der Waals surface area contributed by atoms with E-state index in [0.29, 0.717) is 17.9 Å². The van der Waals surface area contributed by atoms with Gasteiger partial charge in [0.15, 0.2) is 28.4 Å². The fraction of sp³-hybridized carbons (Fsp3) is 0.364. The Balaban J connectivity index is 1.60. The van der Waals surface area contributed by atoms with Crippen LogP contribution >= 0.6 is 23.8 Å². The molecule has 0 unspecified atom stereocenters. The second-order valence-corrected chi connectivity index (χ2v) is 8.15. The SMILES string of the molecule is CCCCOc1cccc(C(=O)NC(=S)N2CCN(c3c(F)c(F)c(Cl)c(F)c3F)CC2)c1. The van der Waals surface area contributed by atoms with Crippen molar-refractivity contribution in [3.63, 3.8) is 0 Å². The van der Waals surface area contributed by atoms with Crippen molar-refractivity contribution < 1.29 is 27.1 Å². The Hall–Kier alpha value is -2.59. The van der Waals surface area contributed by atoms with Gasteiger partial charge in [-0.25, -0.2) is 17.6 Å². The molecular formula is C22H22ClF4N3O2S. The molecule has 0 bridgehead atoms. The molecular weight excluding hydrogens is 482 g/mol. The van der Waals surface area contributed by atoms with Crippen molar-refractivity contribution in [2.75, 3.05) is 37.7 Å². The van der Waals surface area contributed by atoms with E-state index in [1.165, 1.54) is 4.90 Å². The number of rotatable bonds is 6. The number of ether oxygens (including phenoxy) is 1. The number of benzene rings is 2. The van der Waals surface area contributed by atoms with Gasteiger partial charge in [-0.3, -0.25) is 10.1 Å². The Morgan fingerprint density at radius 2 is 1.73 bits per heavy atom. The lowest BCUT2D eigenvalue weighted by atomic mass is 10.2. The molecule has 3 rings (SSSR count). The predicted molar refractivity (Wildman–Crippen MR) is 122 cm³/mol. The normalized spacial score (nSPS) is 13.8. The van der Waals surface area contributed by atoms with E-state index < -0.39 is 39.9 Å². The quantitative estimate of drug-likeness (QED) is 0.199. The highest BCUT2D eigenvalue weighted by Crippen LogP contribution is 2.33. The van der Waals surface area contributed by atoms with E-state index in [9.17, 15) is 22.4 Å². The van der Waals surface area contributed by atoms with Gasteiger partial charge in [0.2, 0.25) is 0 Å². The summed E-state index contributed by atoms with van der Waals surface area (Å²) in [5.74, 6) is -6.24. The van der Waals surface area contributed by atoms with Crippen LogP contribution in [0.15, 0.2) is 24.3 Å². The average Bonchev–Trinajstić information content (AvgIpc) is 2.82. The van der Waals surface area contributed by atoms with Crippen LogP contribution in [0.5, 0.6) is 5.75 Å². The van der Waals surface area contributed by atoms with Crippen LogP contribution in [0.25, 0.3) is 0 Å². The summed E-state index contributed by atoms with van der Waals surface area (Å²) >= 11 is 10.6. The monoisotopic (exact) mass is 503 g/mol. The molecule has 178 valence electrons. The Morgan fingerprint density at radius 3 is 2.33 bits per heavy atom. The molecule has 0 spiro atoms. The molecule has 0 saturated carbocycles. The maximum absolute atomic E-state index is 14.2. The number of carbonyl (C=O) groups excluding carboxylic acids is 1. The van der Waals surface area contributed by atoms with E-state index in [4.69, 9.17) is 28.6 Å². The smallest absolute Gasteiger partial charge is 0.257 e. The van der Waals surface area contributed by atoms with Gasteiger partial charge in [0.25, 0.3) is 5.91 Å². The maximum atomic E-state index is 14.2. The Labute approximate surface area is 199 Å². The summed E-state index contributed by atoms with van der Waals surface area (Å²) in [6, 6.07) is 6.69. The van der Waals surface area contributed by atoms with Gasteiger partial charge in [-0.15, -0.1) is 0 Å². The molecule has 1 fully saturated rings. The van der Waals surface area contributed by atoms with Crippen molar-refractivity contribution in [1.29, 1.82) is 0 Å². The minimum Gasteiger partial charge on any atom is -0.494 e. The van der Waals surface area contributed by atoms with Crippen molar-refractivity contribution in [2.24, 2.45) is 0 Å². The summed E-state index contributed by atoms with van der Waals surface area (Å²) in [4.78, 5) is 15.4. The summed E-state index contributed by atoms with van der Waals surface area (Å²) in [7, 11) is 0. The van der Waals surface area contributed by atoms with E-state index in [2.05, 4.69) is 5.32 Å². The van der Waals surface area contributed by atoms with Gasteiger partial charge in [-0.2, -0.15) is 0 Å². The molecule has 5 nitrogen and oxygen atoms in total. The van der Waals surface area contributed by atoms with Gasteiger partial charge in [-0.05, 0) is 36.8 Å². The molecule has 2 aromatic carbocycles. The minimum absolute atomic E-state index is 0.0190. The number of anilines is 1. The van der Waals surface area contributed by atoms with Crippen LogP contribution in [-0.4, -0.2) is 48.7 Å². The Morgan fingerprint density at radius 1 is 1.09 bits per heavy atom. The topological polar surface area (TPSA) is 44.8 Å². The molecule has 1 heterocycles. The first-order valence-electron chi connectivity index (χ1n) is 10.3. The van der Waals surface area contributed by atoms with Crippen molar-refractivity contribution in [1.82, 2.24) is 10.2 Å². The molecule has 1 N–H and O–H groups in total. The van der Waals surface area contributed by atoms with Crippen LogP contribution < -0.4 is 15.0 Å². The number of amides is 1. The number of halogens is 5. The lowest BCUT2D eigenvalue weighted by Gasteiger charge is -2.37. The fourth-order valence-corrected chi connectivity index (χ4v) is 3.76. The van der Waals surface area contributed by atoms with Crippen LogP contribution in [0.1, 0.15) is 30.1 Å². The highest BCUT2D eigenvalue weighted by molar-refractivity contribution is 7.80. The van der Waals surface area contributed by atoms with Crippen molar-refractivity contribution in [2.45, 2.75) is 19.8 Å². The lowest BCUT2D eigenvalue weighted by Crippen LogP contribution is -2.53. The first kappa shape index (κ1) is 25.0. The summed E-state index contributed by atoms with van der Waals surface area (Å²) < 4.78 is 61.6. The van der Waals surface area contributed by atoms with E-state index in [1.807, 2.05) is 6.92 Å². The molecule has 1 amide bonds. The Kier molecular flexibility index (Phi) is 8.36. The number of hydrogen-bond acceptors (Lipinski definition) is 4. The highest BCUT2D eigenvalue weighted by atomic mass is 35.5. The third-order valence-corrected chi connectivity index (χ3v) is 5.85. The van der Waals surface area contributed by atoms with E-state index >= 15 is 0 Å². The summed E-state index contributed by atoms with van der Waals surface area (Å²) in [6.45, 7) is 2.98. The number of carbonyl (C=O) groups is 1. The molecule has 2 aromatic rings. The third-order valence-electron chi connectivity index (χ3n) is 5.15. The molecule has 1 aliphatic rings. The summed E-state index contributed by atoms with van der Waals surface area (Å²) in [6.07, 6.45) is 1.89. The number of piperazine rings is 1. The van der Waals surface area contributed by atoms with E-state index in [-0.39, 0.29) is 31.3 Å². The number of unbranched alkanes of at least 4 members (excludes halogenated alkanes) is 1. The average molecular weight is 504 g/mol. The van der Waals surface area contributed by atoms with Gasteiger partial charge in [0.05, 0.1) is 6.61 Å². The van der Waals surface area contributed by atoms with Crippen molar-refractivity contribution >= 4 is 40.5 Å². The molecule has 1 saturated heterocycles. The molecule has 0 radical (unpaired) electrons. The van der Waals surface area contributed by atoms with Gasteiger partial charge in [-0.1, -0.05) is 31.0 Å². The van der Waals surface area contributed by atoms with Crippen molar-refractivity contribution in [3.8, 4) is 5.75 Å². The zero-order chi connectivity index (χ0) is 24.1. The van der Waals surface area contributed by atoms with E-state index in [1.54, 1.807) is 29.2 Å². The summed E-state index contributed by atoms with van der Waals surface area (Å²) in [5.41, 5.74) is -0.454. The van der Waals surface area contributed by atoms with Crippen LogP contribution in [-0.2, 0) is 0 Å². The third kappa shape index (κ3) is 5.67. The first-order chi connectivity index (χ1) is 15.7. The number of thiocarbonyl (C=S) groups is 1. The maximum Gasteiger partial charge on any atom is 0.257 e. The molecule has 0 aromatic heterocycles. The zero-order valence-electron chi connectivity index (χ0n) is 17.8. The molecule has 0 atom stereocenters. The number of nitrogens with one attached hydrogen (secondary N) is 1. The zero-order valence-corrected chi connectivity index (χ0v) is 19.3. The van der Waals surface area contributed by atoms with Crippen LogP contribution in [0.2, 0.25) is 5.02 Å². The number of hydrogen-bond donors (Lipinski definition) is 1. The van der Waals surface area contributed by atoms with Crippen LogP contribution in [0.4, 0.5) is 23.2 Å².